The van der Waals surface area contributed by atoms with Crippen molar-refractivity contribution in [2.45, 2.75) is 23.7 Å². The Morgan fingerprint density at radius 3 is 2.55 bits per heavy atom. The lowest BCUT2D eigenvalue weighted by atomic mass is 9.89. The van der Waals surface area contributed by atoms with Gasteiger partial charge >= 0.3 is 0 Å². The Kier molecular flexibility index (Phi) is 8.22. The van der Waals surface area contributed by atoms with Gasteiger partial charge in [0.25, 0.3) is 15.9 Å². The van der Waals surface area contributed by atoms with Crippen LogP contribution in [0.4, 0.5) is 4.39 Å². The van der Waals surface area contributed by atoms with Crippen molar-refractivity contribution in [3.8, 4) is 5.75 Å². The van der Waals surface area contributed by atoms with Crippen LogP contribution < -0.4 is 15.2 Å². The van der Waals surface area contributed by atoms with E-state index < -0.39 is 15.8 Å². The molecule has 0 saturated carbocycles. The summed E-state index contributed by atoms with van der Waals surface area (Å²) in [5.41, 5.74) is 6.10. The molecule has 0 radical (unpaired) electrons. The first kappa shape index (κ1) is 24.9. The summed E-state index contributed by atoms with van der Waals surface area (Å²) in [7, 11) is -3.84. The fourth-order valence-electron chi connectivity index (χ4n) is 3.45. The fourth-order valence-corrected chi connectivity index (χ4v) is 4.91. The van der Waals surface area contributed by atoms with Crippen molar-refractivity contribution in [2.75, 3.05) is 19.7 Å². The van der Waals surface area contributed by atoms with Crippen molar-refractivity contribution in [1.29, 1.82) is 0 Å². The van der Waals surface area contributed by atoms with Crippen molar-refractivity contribution in [2.24, 2.45) is 10.7 Å². The number of halogens is 2. The molecule has 1 heterocycles. The third kappa shape index (κ3) is 6.62. The Labute approximate surface area is 201 Å². The van der Waals surface area contributed by atoms with E-state index in [2.05, 4.69) is 9.71 Å². The number of hydrogen-bond acceptors (Lipinski definition) is 5. The number of nitrogens with one attached hydrogen (secondary N) is 1. The predicted octanol–water partition coefficient (Wildman–Crippen LogP) is 2.81. The Hall–Kier alpha value is -2.76. The molecular weight excluding hydrogens is 491 g/mol. The molecule has 0 bridgehead atoms. The van der Waals surface area contributed by atoms with Crippen LogP contribution in [0.15, 0.2) is 52.4 Å². The number of nitrogens with zero attached hydrogens (tertiary/aromatic N) is 2. The van der Waals surface area contributed by atoms with E-state index >= 15 is 0 Å². The largest absolute Gasteiger partial charge is 0.484 e. The van der Waals surface area contributed by atoms with E-state index in [9.17, 15) is 17.6 Å². The number of sulfonamides is 1. The van der Waals surface area contributed by atoms with Crippen molar-refractivity contribution >= 4 is 51.2 Å². The number of carbonyl (C=O) groups excluding carboxylic acids is 1. The van der Waals surface area contributed by atoms with Gasteiger partial charge < -0.3 is 15.4 Å². The molecule has 2 aromatic rings. The van der Waals surface area contributed by atoms with Crippen LogP contribution in [0, 0.1) is 5.82 Å². The summed E-state index contributed by atoms with van der Waals surface area (Å²) in [5.74, 6) is -0.204. The number of amides is 1. The lowest BCUT2D eigenvalue weighted by Gasteiger charge is -2.32. The zero-order valence-corrected chi connectivity index (χ0v) is 19.8. The van der Waals surface area contributed by atoms with E-state index in [1.54, 1.807) is 17.0 Å². The number of likely N-dealkylation sites (tertiary alicyclic amines) is 1. The third-order valence-electron chi connectivity index (χ3n) is 5.18. The number of thiocarbonyl (C=S) groups is 1. The molecule has 0 unspecified atom stereocenters. The first-order valence-corrected chi connectivity index (χ1v) is 12.2. The lowest BCUT2D eigenvalue weighted by Crippen LogP contribution is -2.40. The molecule has 1 saturated heterocycles. The summed E-state index contributed by atoms with van der Waals surface area (Å²) in [4.78, 5) is 17.7. The van der Waals surface area contributed by atoms with E-state index in [1.807, 2.05) is 0 Å². The molecule has 1 fully saturated rings. The average molecular weight is 513 g/mol. The standard InChI is InChI=1S/C21H22ClFN4O4S2/c22-18-11-16(3-6-19(18)23)31-12-20(28)27-9-7-15(8-10-27)14-1-4-17(5-2-14)33(29,30)26-21(32)25-13-24/h1-6,11,13,15H,7-10,12H2,(H3,24,25,26,32). The second-order valence-electron chi connectivity index (χ2n) is 7.28. The van der Waals surface area contributed by atoms with Crippen LogP contribution in [0.1, 0.15) is 24.3 Å². The van der Waals surface area contributed by atoms with Gasteiger partial charge in [-0.05, 0) is 60.8 Å². The minimum atomic E-state index is -3.84. The Bertz CT molecular complexity index is 1150. The van der Waals surface area contributed by atoms with Gasteiger partial charge in [0, 0.05) is 19.2 Å². The van der Waals surface area contributed by atoms with Gasteiger partial charge in [0.05, 0.1) is 16.3 Å². The zero-order chi connectivity index (χ0) is 24.0. The molecule has 0 aliphatic carbocycles. The van der Waals surface area contributed by atoms with Gasteiger partial charge in [0.15, 0.2) is 6.61 Å². The molecule has 33 heavy (non-hydrogen) atoms. The molecule has 1 aliphatic rings. The topological polar surface area (TPSA) is 114 Å². The van der Waals surface area contributed by atoms with Gasteiger partial charge in [0.1, 0.15) is 11.6 Å². The Morgan fingerprint density at radius 2 is 1.94 bits per heavy atom. The van der Waals surface area contributed by atoms with E-state index in [1.165, 1.54) is 30.3 Å². The smallest absolute Gasteiger partial charge is 0.263 e. The molecule has 2 aromatic carbocycles. The Morgan fingerprint density at radius 1 is 1.27 bits per heavy atom. The number of ether oxygens (including phenoxy) is 1. The second-order valence-corrected chi connectivity index (χ2v) is 9.75. The third-order valence-corrected chi connectivity index (χ3v) is 7.16. The van der Waals surface area contributed by atoms with Gasteiger partial charge in [-0.15, -0.1) is 0 Å². The maximum atomic E-state index is 13.2. The molecule has 0 spiro atoms. The van der Waals surface area contributed by atoms with E-state index in [4.69, 9.17) is 34.3 Å². The number of nitrogens with two attached hydrogens (primary N) is 1. The summed E-state index contributed by atoms with van der Waals surface area (Å²) < 4.78 is 45.5. The number of benzene rings is 2. The molecule has 0 atom stereocenters. The molecule has 3 N–H and O–H groups in total. The summed E-state index contributed by atoms with van der Waals surface area (Å²) in [6.07, 6.45) is 2.37. The van der Waals surface area contributed by atoms with Crippen LogP contribution in [-0.4, -0.2) is 50.4 Å². The van der Waals surface area contributed by atoms with Gasteiger partial charge in [-0.2, -0.15) is 0 Å². The van der Waals surface area contributed by atoms with Crippen LogP contribution in [0.3, 0.4) is 0 Å². The van der Waals surface area contributed by atoms with Crippen molar-refractivity contribution < 1.29 is 22.3 Å². The predicted molar refractivity (Wildman–Crippen MR) is 128 cm³/mol. The maximum absolute atomic E-state index is 13.2. The van der Waals surface area contributed by atoms with Gasteiger partial charge in [-0.3, -0.25) is 9.52 Å². The number of piperidine rings is 1. The number of aliphatic imine (C=N–C) groups is 1. The average Bonchev–Trinajstić information content (AvgIpc) is 2.79. The quantitative estimate of drug-likeness (QED) is 0.349. The fraction of sp³-hybridized carbons (Fsp3) is 0.286. The SMILES string of the molecule is NC=NC(=S)NS(=O)(=O)c1ccc(C2CCN(C(=O)COc3ccc(F)c(Cl)c3)CC2)cc1. The number of hydrogen-bond donors (Lipinski definition) is 2. The highest BCUT2D eigenvalue weighted by Gasteiger charge is 2.25. The summed E-state index contributed by atoms with van der Waals surface area (Å²) in [6, 6.07) is 10.5. The van der Waals surface area contributed by atoms with Crippen LogP contribution in [0.25, 0.3) is 0 Å². The van der Waals surface area contributed by atoms with Crippen molar-refractivity contribution in [3.63, 3.8) is 0 Å². The zero-order valence-electron chi connectivity index (χ0n) is 17.4. The molecular formula is C21H22ClFN4O4S2. The highest BCUT2D eigenvalue weighted by molar-refractivity contribution is 7.91. The maximum Gasteiger partial charge on any atom is 0.263 e. The summed E-state index contributed by atoms with van der Waals surface area (Å²) >= 11 is 10.5. The van der Waals surface area contributed by atoms with E-state index in [-0.39, 0.29) is 33.5 Å². The van der Waals surface area contributed by atoms with Crippen molar-refractivity contribution in [1.82, 2.24) is 9.62 Å². The Balaban J connectivity index is 1.52. The molecule has 12 heteroatoms. The molecule has 176 valence electrons. The normalized spacial score (nSPS) is 14.9. The lowest BCUT2D eigenvalue weighted by molar-refractivity contribution is -0.134. The van der Waals surface area contributed by atoms with Crippen molar-refractivity contribution in [3.05, 3.63) is 58.9 Å². The highest BCUT2D eigenvalue weighted by Crippen LogP contribution is 2.29. The van der Waals surface area contributed by atoms with Crippen LogP contribution >= 0.6 is 23.8 Å². The molecule has 8 nitrogen and oxygen atoms in total. The van der Waals surface area contributed by atoms with Gasteiger partial charge in [0.2, 0.25) is 5.11 Å². The summed E-state index contributed by atoms with van der Waals surface area (Å²) in [6.45, 7) is 0.927. The molecule has 1 amide bonds. The van der Waals surface area contributed by atoms with Crippen LogP contribution in [-0.2, 0) is 14.8 Å². The number of rotatable bonds is 6. The molecule has 0 aromatic heterocycles. The number of carbonyl (C=O) groups is 1. The van der Waals surface area contributed by atoms with E-state index in [0.29, 0.717) is 18.8 Å². The first-order valence-electron chi connectivity index (χ1n) is 9.96. The van der Waals surface area contributed by atoms with Gasteiger partial charge in [-0.25, -0.2) is 17.8 Å². The summed E-state index contributed by atoms with van der Waals surface area (Å²) in [5, 5.41) is -0.313. The van der Waals surface area contributed by atoms with Gasteiger partial charge in [-0.1, -0.05) is 23.7 Å². The monoisotopic (exact) mass is 512 g/mol. The molecule has 1 aliphatic heterocycles. The minimum Gasteiger partial charge on any atom is -0.484 e. The van der Waals surface area contributed by atoms with E-state index in [0.717, 1.165) is 24.7 Å². The van der Waals surface area contributed by atoms with Crippen LogP contribution in [0.5, 0.6) is 5.75 Å². The first-order chi connectivity index (χ1) is 15.7. The molecule has 3 rings (SSSR count). The highest BCUT2D eigenvalue weighted by atomic mass is 35.5. The van der Waals surface area contributed by atoms with Crippen LogP contribution in [0.2, 0.25) is 5.02 Å². The minimum absolute atomic E-state index is 0.0616. The second kappa shape index (κ2) is 10.9.